The van der Waals surface area contributed by atoms with Crippen molar-refractivity contribution in [1.29, 1.82) is 0 Å². The van der Waals surface area contributed by atoms with Crippen LogP contribution in [0.15, 0.2) is 85.1 Å². The van der Waals surface area contributed by atoms with E-state index in [0.717, 1.165) is 18.0 Å². The minimum Gasteiger partial charge on any atom is -0.489 e. The normalized spacial score (nSPS) is 10.9. The van der Waals surface area contributed by atoms with Gasteiger partial charge in [0, 0.05) is 29.3 Å². The number of hydrogen-bond donors (Lipinski definition) is 1. The summed E-state index contributed by atoms with van der Waals surface area (Å²) in [6.07, 6.45) is 2.11. The molecule has 3 nitrogen and oxygen atoms in total. The van der Waals surface area contributed by atoms with Crippen molar-refractivity contribution < 1.29 is 4.74 Å². The Bertz CT molecular complexity index is 989. The van der Waals surface area contributed by atoms with Crippen LogP contribution < -0.4 is 10.5 Å². The molecule has 0 radical (unpaired) electrons. The highest BCUT2D eigenvalue weighted by Crippen LogP contribution is 2.24. The van der Waals surface area contributed by atoms with Crippen LogP contribution in [0, 0.1) is 0 Å². The summed E-state index contributed by atoms with van der Waals surface area (Å²) in [6.45, 7) is 1.38. The topological polar surface area (TPSA) is 40.2 Å². The van der Waals surface area contributed by atoms with Crippen molar-refractivity contribution in [1.82, 2.24) is 4.57 Å². The summed E-state index contributed by atoms with van der Waals surface area (Å²) in [5.74, 6) is 0.887. The van der Waals surface area contributed by atoms with Crippen LogP contribution >= 0.6 is 0 Å². The molecule has 0 atom stereocenters. The van der Waals surface area contributed by atoms with Crippen molar-refractivity contribution in [2.24, 2.45) is 0 Å². The van der Waals surface area contributed by atoms with E-state index in [4.69, 9.17) is 10.5 Å². The molecule has 3 heteroatoms. The third kappa shape index (κ3) is 3.50. The van der Waals surface area contributed by atoms with E-state index in [-0.39, 0.29) is 0 Å². The highest BCUT2D eigenvalue weighted by atomic mass is 16.5. The number of nitrogens with two attached hydrogens (primary N) is 1. The number of nitrogen functional groups attached to an aromatic ring is 1. The zero-order valence-corrected chi connectivity index (χ0v) is 13.9. The number of hydrogen-bond acceptors (Lipinski definition) is 2. The Labute approximate surface area is 147 Å². The van der Waals surface area contributed by atoms with Gasteiger partial charge in [-0.2, -0.15) is 0 Å². The summed E-state index contributed by atoms with van der Waals surface area (Å²) in [5.41, 5.74) is 10.2. The monoisotopic (exact) mass is 328 g/mol. The third-order valence-corrected chi connectivity index (χ3v) is 4.29. The number of rotatable bonds is 5. The van der Waals surface area contributed by atoms with Crippen molar-refractivity contribution in [3.8, 4) is 5.75 Å². The van der Waals surface area contributed by atoms with E-state index < -0.39 is 0 Å². The Morgan fingerprint density at radius 2 is 1.64 bits per heavy atom. The van der Waals surface area contributed by atoms with Crippen LogP contribution in [0.3, 0.4) is 0 Å². The second-order valence-electron chi connectivity index (χ2n) is 6.18. The number of aromatic nitrogens is 1. The molecule has 4 rings (SSSR count). The van der Waals surface area contributed by atoms with Crippen LogP contribution in [-0.2, 0) is 13.2 Å². The standard InChI is InChI=1S/C22H20N2O/c23-20-8-4-7-18(13-20)15-24-12-11-19-14-21(9-10-22(19)24)25-16-17-5-2-1-3-6-17/h1-14H,15-16,23H2. The summed E-state index contributed by atoms with van der Waals surface area (Å²) in [5, 5.41) is 1.18. The van der Waals surface area contributed by atoms with Gasteiger partial charge in [0.25, 0.3) is 0 Å². The first-order chi connectivity index (χ1) is 12.3. The van der Waals surface area contributed by atoms with Gasteiger partial charge in [0.2, 0.25) is 0 Å². The second-order valence-corrected chi connectivity index (χ2v) is 6.18. The second kappa shape index (κ2) is 6.73. The average molecular weight is 328 g/mol. The maximum Gasteiger partial charge on any atom is 0.120 e. The molecule has 0 unspecified atom stereocenters. The summed E-state index contributed by atoms with van der Waals surface area (Å²) in [7, 11) is 0. The minimum absolute atomic E-state index is 0.580. The molecule has 0 aliphatic carbocycles. The number of anilines is 1. The molecule has 0 aliphatic heterocycles. The first-order valence-corrected chi connectivity index (χ1v) is 8.38. The number of benzene rings is 3. The molecule has 0 amide bonds. The predicted octanol–water partition coefficient (Wildman–Crippen LogP) is 4.85. The maximum absolute atomic E-state index is 5.92. The van der Waals surface area contributed by atoms with Gasteiger partial charge in [-0.05, 0) is 47.5 Å². The molecule has 3 aromatic carbocycles. The number of fused-ring (bicyclic) bond motifs is 1. The average Bonchev–Trinajstić information content (AvgIpc) is 3.03. The van der Waals surface area contributed by atoms with Gasteiger partial charge < -0.3 is 15.0 Å². The van der Waals surface area contributed by atoms with Crippen molar-refractivity contribution in [3.05, 3.63) is 96.2 Å². The Morgan fingerprint density at radius 1 is 0.800 bits per heavy atom. The Morgan fingerprint density at radius 3 is 2.48 bits per heavy atom. The van der Waals surface area contributed by atoms with Crippen molar-refractivity contribution in [2.45, 2.75) is 13.2 Å². The van der Waals surface area contributed by atoms with Gasteiger partial charge in [0.1, 0.15) is 12.4 Å². The molecule has 2 N–H and O–H groups in total. The van der Waals surface area contributed by atoms with Gasteiger partial charge >= 0.3 is 0 Å². The predicted molar refractivity (Wildman–Crippen MR) is 103 cm³/mol. The molecule has 25 heavy (non-hydrogen) atoms. The fraction of sp³-hybridized carbons (Fsp3) is 0.0909. The van der Waals surface area contributed by atoms with Crippen LogP contribution in [0.25, 0.3) is 10.9 Å². The smallest absolute Gasteiger partial charge is 0.120 e. The van der Waals surface area contributed by atoms with Crippen molar-refractivity contribution in [3.63, 3.8) is 0 Å². The van der Waals surface area contributed by atoms with Crippen LogP contribution in [0.5, 0.6) is 5.75 Å². The zero-order valence-electron chi connectivity index (χ0n) is 13.9. The molecule has 1 heterocycles. The van der Waals surface area contributed by atoms with Gasteiger partial charge in [0.15, 0.2) is 0 Å². The van der Waals surface area contributed by atoms with E-state index in [9.17, 15) is 0 Å². The Balaban J connectivity index is 1.52. The van der Waals surface area contributed by atoms with Crippen LogP contribution in [0.4, 0.5) is 5.69 Å². The van der Waals surface area contributed by atoms with E-state index in [1.807, 2.05) is 42.5 Å². The van der Waals surface area contributed by atoms with E-state index in [1.54, 1.807) is 0 Å². The minimum atomic E-state index is 0.580. The van der Waals surface area contributed by atoms with E-state index in [2.05, 4.69) is 47.2 Å². The van der Waals surface area contributed by atoms with Crippen LogP contribution in [-0.4, -0.2) is 4.57 Å². The summed E-state index contributed by atoms with van der Waals surface area (Å²) in [4.78, 5) is 0. The van der Waals surface area contributed by atoms with Crippen LogP contribution in [0.1, 0.15) is 11.1 Å². The Hall–Kier alpha value is -3.20. The van der Waals surface area contributed by atoms with Crippen LogP contribution in [0.2, 0.25) is 0 Å². The molecule has 0 saturated carbocycles. The van der Waals surface area contributed by atoms with E-state index in [0.29, 0.717) is 6.61 Å². The van der Waals surface area contributed by atoms with Gasteiger partial charge in [-0.1, -0.05) is 42.5 Å². The van der Waals surface area contributed by atoms with Gasteiger partial charge in [0.05, 0.1) is 0 Å². The largest absolute Gasteiger partial charge is 0.489 e. The molecule has 0 aliphatic rings. The molecule has 4 aromatic rings. The molecular formula is C22H20N2O. The number of ether oxygens (including phenoxy) is 1. The molecular weight excluding hydrogens is 308 g/mol. The lowest BCUT2D eigenvalue weighted by Gasteiger charge is -2.09. The van der Waals surface area contributed by atoms with Gasteiger partial charge in [-0.15, -0.1) is 0 Å². The summed E-state index contributed by atoms with van der Waals surface area (Å²) in [6, 6.07) is 26.6. The van der Waals surface area contributed by atoms with Crippen molar-refractivity contribution in [2.75, 3.05) is 5.73 Å². The number of nitrogens with zero attached hydrogens (tertiary/aromatic N) is 1. The Kier molecular flexibility index (Phi) is 4.13. The first kappa shape index (κ1) is 15.3. The third-order valence-electron chi connectivity index (χ3n) is 4.29. The SMILES string of the molecule is Nc1cccc(Cn2ccc3cc(OCc4ccccc4)ccc32)c1. The molecule has 0 fully saturated rings. The molecule has 0 spiro atoms. The summed E-state index contributed by atoms with van der Waals surface area (Å²) >= 11 is 0. The zero-order chi connectivity index (χ0) is 17.1. The highest BCUT2D eigenvalue weighted by molar-refractivity contribution is 5.81. The first-order valence-electron chi connectivity index (χ1n) is 8.38. The lowest BCUT2D eigenvalue weighted by atomic mass is 10.2. The maximum atomic E-state index is 5.92. The lowest BCUT2D eigenvalue weighted by molar-refractivity contribution is 0.306. The molecule has 0 saturated heterocycles. The van der Waals surface area contributed by atoms with E-state index in [1.165, 1.54) is 22.0 Å². The van der Waals surface area contributed by atoms with Gasteiger partial charge in [-0.25, -0.2) is 0 Å². The lowest BCUT2D eigenvalue weighted by Crippen LogP contribution is -1.99. The fourth-order valence-corrected chi connectivity index (χ4v) is 3.03. The van der Waals surface area contributed by atoms with E-state index >= 15 is 0 Å². The molecule has 124 valence electrons. The molecule has 0 bridgehead atoms. The quantitative estimate of drug-likeness (QED) is 0.532. The van der Waals surface area contributed by atoms with Gasteiger partial charge in [-0.3, -0.25) is 0 Å². The molecule has 1 aromatic heterocycles. The summed E-state index contributed by atoms with van der Waals surface area (Å²) < 4.78 is 8.14. The highest BCUT2D eigenvalue weighted by Gasteiger charge is 2.04. The fourth-order valence-electron chi connectivity index (χ4n) is 3.03. The van der Waals surface area contributed by atoms with Crippen molar-refractivity contribution >= 4 is 16.6 Å².